The Balaban J connectivity index is 1.62. The van der Waals surface area contributed by atoms with Crippen molar-refractivity contribution in [3.05, 3.63) is 65.1 Å². The standard InChI is InChI=1S/C30H42N8O5S/c1-19-8-9-20(28(39)34-23-15-21(30(2,3)4)16-24(27(23)42-6)35-44(7,40)41)14-25(19)38(32)18-22(31)26-17-33-29(36(26)5)37-10-12-43-13-11-37/h8-9,14-18,35H,10-13,31-32H2,1-7H3,(H,34,39)/p+1/b22-18-. The number of methoxy groups -OCH3 is 1. The lowest BCUT2D eigenvalue weighted by Crippen LogP contribution is -2.45. The first-order chi connectivity index (χ1) is 20.6. The lowest BCUT2D eigenvalue weighted by Gasteiger charge is -2.24. The molecule has 0 radical (unpaired) electrons. The van der Waals surface area contributed by atoms with Gasteiger partial charge in [0.2, 0.25) is 10.0 Å². The fraction of sp³-hybridized carbons (Fsp3) is 0.400. The second-order valence-electron chi connectivity index (χ2n) is 11.8. The van der Waals surface area contributed by atoms with E-state index in [0.29, 0.717) is 35.8 Å². The van der Waals surface area contributed by atoms with Gasteiger partial charge in [-0.25, -0.2) is 23.8 Å². The van der Waals surface area contributed by atoms with Gasteiger partial charge in [0.25, 0.3) is 5.91 Å². The molecule has 44 heavy (non-hydrogen) atoms. The van der Waals surface area contributed by atoms with Gasteiger partial charge in [-0.05, 0) is 47.7 Å². The molecule has 0 spiro atoms. The van der Waals surface area contributed by atoms with Crippen molar-refractivity contribution in [3.63, 3.8) is 0 Å². The molecule has 7 N–H and O–H groups in total. The lowest BCUT2D eigenvalue weighted by molar-refractivity contribution is -0.659. The highest BCUT2D eigenvalue weighted by molar-refractivity contribution is 7.92. The molecule has 1 aromatic heterocycles. The molecule has 1 aliphatic rings. The molecule has 2 heterocycles. The number of morpholine rings is 1. The van der Waals surface area contributed by atoms with E-state index in [0.717, 1.165) is 42.1 Å². The van der Waals surface area contributed by atoms with Crippen LogP contribution in [0.2, 0.25) is 0 Å². The van der Waals surface area contributed by atoms with Gasteiger partial charge in [-0.1, -0.05) is 26.8 Å². The zero-order valence-corrected chi connectivity index (χ0v) is 27.1. The predicted molar refractivity (Wildman–Crippen MR) is 173 cm³/mol. The molecular formula is C30H43N8O5S+. The fourth-order valence-corrected chi connectivity index (χ4v) is 5.51. The first-order valence-corrected chi connectivity index (χ1v) is 16.0. The number of nitrogens with one attached hydrogen (secondary N) is 3. The number of hydrogen-bond acceptors (Lipinski definition) is 9. The van der Waals surface area contributed by atoms with Gasteiger partial charge in [0.05, 0.1) is 69.5 Å². The van der Waals surface area contributed by atoms with Crippen LogP contribution in [0.25, 0.3) is 5.70 Å². The molecule has 238 valence electrons. The van der Waals surface area contributed by atoms with Crippen molar-refractivity contribution in [3.8, 4) is 5.75 Å². The quantitative estimate of drug-likeness (QED) is 0.136. The summed E-state index contributed by atoms with van der Waals surface area (Å²) in [5.41, 5.74) is 10.4. The van der Waals surface area contributed by atoms with Crippen molar-refractivity contribution in [2.45, 2.75) is 33.1 Å². The van der Waals surface area contributed by atoms with Gasteiger partial charge in [-0.2, -0.15) is 0 Å². The monoisotopic (exact) mass is 627 g/mol. The number of aromatic nitrogens is 2. The number of ether oxygens (including phenoxy) is 2. The van der Waals surface area contributed by atoms with E-state index in [9.17, 15) is 13.2 Å². The number of nitrogens with two attached hydrogens (primary N) is 2. The Bertz CT molecular complexity index is 1670. The van der Waals surface area contributed by atoms with Crippen molar-refractivity contribution in [1.82, 2.24) is 4.98 Å². The molecule has 4 rings (SSSR count). The highest BCUT2D eigenvalue weighted by atomic mass is 32.2. The van der Waals surface area contributed by atoms with Crippen LogP contribution in [0.5, 0.6) is 5.75 Å². The first-order valence-electron chi connectivity index (χ1n) is 14.1. The molecule has 0 aliphatic carbocycles. The number of sulfonamides is 1. The van der Waals surface area contributed by atoms with Crippen LogP contribution in [0, 0.1) is 6.92 Å². The normalized spacial score (nSPS) is 14.4. The van der Waals surface area contributed by atoms with Crippen molar-refractivity contribution in [1.29, 1.82) is 0 Å². The van der Waals surface area contributed by atoms with Gasteiger partial charge in [0.15, 0.2) is 11.4 Å². The number of carbonyl (C=O) groups is 1. The molecule has 2 aromatic carbocycles. The summed E-state index contributed by atoms with van der Waals surface area (Å²) in [5.74, 6) is 7.14. The van der Waals surface area contributed by atoms with E-state index in [1.54, 1.807) is 36.5 Å². The first kappa shape index (κ1) is 32.6. The predicted octanol–water partition coefficient (Wildman–Crippen LogP) is 2.55. The van der Waals surface area contributed by atoms with E-state index >= 15 is 0 Å². The second kappa shape index (κ2) is 12.8. The van der Waals surface area contributed by atoms with Crippen molar-refractivity contribution < 1.29 is 27.3 Å². The molecule has 1 amide bonds. The number of rotatable bonds is 9. The van der Waals surface area contributed by atoms with Crippen LogP contribution in [0.4, 0.5) is 23.0 Å². The average Bonchev–Trinajstić information content (AvgIpc) is 3.33. The molecule has 1 aliphatic heterocycles. The van der Waals surface area contributed by atoms with Crippen molar-refractivity contribution >= 4 is 44.6 Å². The largest absolute Gasteiger partial charge is 0.492 e. The minimum atomic E-state index is -3.62. The van der Waals surface area contributed by atoms with Crippen LogP contribution < -0.4 is 40.8 Å². The number of benzene rings is 2. The van der Waals surface area contributed by atoms with E-state index in [1.165, 1.54) is 12.1 Å². The molecule has 3 aromatic rings. The van der Waals surface area contributed by atoms with E-state index in [2.05, 4.69) is 19.9 Å². The van der Waals surface area contributed by atoms with Gasteiger partial charge in [-0.15, -0.1) is 0 Å². The van der Waals surface area contributed by atoms with Crippen LogP contribution in [-0.4, -0.2) is 59.0 Å². The fourth-order valence-electron chi connectivity index (χ4n) is 4.96. The summed E-state index contributed by atoms with van der Waals surface area (Å²) in [7, 11) is -0.277. The molecule has 0 atom stereocenters. The average molecular weight is 628 g/mol. The Morgan fingerprint density at radius 3 is 2.45 bits per heavy atom. The third-order valence-electron chi connectivity index (χ3n) is 7.35. The molecule has 1 fully saturated rings. The number of imidazole rings is 1. The van der Waals surface area contributed by atoms with Crippen LogP contribution >= 0.6 is 0 Å². The van der Waals surface area contributed by atoms with Crippen LogP contribution in [0.3, 0.4) is 0 Å². The molecule has 0 bridgehead atoms. The van der Waals surface area contributed by atoms with Gasteiger partial charge in [0, 0.05) is 11.8 Å². The molecule has 1 saturated heterocycles. The zero-order chi connectivity index (χ0) is 32.4. The highest BCUT2D eigenvalue weighted by Gasteiger charge is 2.25. The number of amides is 1. The number of carbonyl (C=O) groups excluding carboxylic acids is 1. The Labute approximate surface area is 258 Å². The Hall–Kier alpha value is -4.27. The summed E-state index contributed by atoms with van der Waals surface area (Å²) in [4.78, 5) is 19.0. The number of nitrogens with zero attached hydrogens (tertiary/aromatic N) is 3. The van der Waals surface area contributed by atoms with Crippen molar-refractivity contribution in [2.24, 2.45) is 18.6 Å². The van der Waals surface area contributed by atoms with Gasteiger partial charge >= 0.3 is 5.95 Å². The zero-order valence-electron chi connectivity index (χ0n) is 26.3. The molecule has 13 nitrogen and oxygen atoms in total. The number of aryl methyl sites for hydroxylation is 1. The second-order valence-corrected chi connectivity index (χ2v) is 13.6. The van der Waals surface area contributed by atoms with E-state index < -0.39 is 15.9 Å². The van der Waals surface area contributed by atoms with Crippen LogP contribution in [0.1, 0.15) is 48.0 Å². The van der Waals surface area contributed by atoms with Gasteiger partial charge in [0.1, 0.15) is 6.20 Å². The minimum Gasteiger partial charge on any atom is -0.492 e. The third kappa shape index (κ3) is 7.44. The summed E-state index contributed by atoms with van der Waals surface area (Å²) in [6, 6.07) is 8.63. The topological polar surface area (TPSA) is 172 Å². The maximum absolute atomic E-state index is 13.5. The van der Waals surface area contributed by atoms with Gasteiger partial charge in [-0.3, -0.25) is 19.4 Å². The minimum absolute atomic E-state index is 0.191. The van der Waals surface area contributed by atoms with E-state index in [-0.39, 0.29) is 16.9 Å². The number of H-pyrrole nitrogens is 1. The Kier molecular flexibility index (Phi) is 9.47. The smallest absolute Gasteiger partial charge is 0.357 e. The summed E-state index contributed by atoms with van der Waals surface area (Å²) in [6.07, 6.45) is 4.49. The lowest BCUT2D eigenvalue weighted by atomic mass is 9.86. The highest BCUT2D eigenvalue weighted by Crippen LogP contribution is 2.39. The molecular weight excluding hydrogens is 584 g/mol. The third-order valence-corrected chi connectivity index (χ3v) is 7.94. The molecule has 14 heteroatoms. The summed E-state index contributed by atoms with van der Waals surface area (Å²) in [6.45, 7) is 10.7. The van der Waals surface area contributed by atoms with Crippen LogP contribution in [0.15, 0.2) is 42.7 Å². The molecule has 0 unspecified atom stereocenters. The number of anilines is 4. The number of aromatic amines is 1. The summed E-state index contributed by atoms with van der Waals surface area (Å²) < 4.78 is 39.6. The Morgan fingerprint density at radius 1 is 1.18 bits per heavy atom. The summed E-state index contributed by atoms with van der Waals surface area (Å²) in [5, 5.41) is 4.28. The van der Waals surface area contributed by atoms with Crippen LogP contribution in [-0.2, 0) is 27.2 Å². The SMILES string of the molecule is COc1c(NC(=O)c2ccc(C)c(N(N)/C=C(\N)c3c[nH]c(N4CCOCC4)[n+]3C)c2)cc(C(C)(C)C)cc1NS(C)(=O)=O. The van der Waals surface area contributed by atoms with E-state index in [4.69, 9.17) is 21.1 Å². The number of hydrogen-bond donors (Lipinski definition) is 5. The summed E-state index contributed by atoms with van der Waals surface area (Å²) >= 11 is 0. The maximum Gasteiger partial charge on any atom is 0.357 e. The maximum atomic E-state index is 13.5. The Morgan fingerprint density at radius 2 is 1.84 bits per heavy atom. The number of hydrazine groups is 1. The van der Waals surface area contributed by atoms with Gasteiger partial charge < -0.3 is 20.5 Å². The van der Waals surface area contributed by atoms with Crippen molar-refractivity contribution in [2.75, 3.05) is 59.6 Å². The molecule has 0 saturated carbocycles. The van der Waals surface area contributed by atoms with E-state index in [1.807, 2.05) is 45.5 Å².